The number of aromatic amines is 1. The number of nitrogens with zero attached hydrogens (tertiary/aromatic N) is 1. The van der Waals surface area contributed by atoms with E-state index in [0.29, 0.717) is 26.9 Å². The van der Waals surface area contributed by atoms with E-state index in [4.69, 9.17) is 4.74 Å². The molecule has 0 aliphatic carbocycles. The number of hydrogen-bond acceptors (Lipinski definition) is 7. The van der Waals surface area contributed by atoms with E-state index < -0.39 is 40.6 Å². The quantitative estimate of drug-likeness (QED) is 0.271. The standard InChI is InChI=1S/C30H22F3N3O5S2/c1-15-5-2-3-8-20(15)34-21(37)14-41-19-11-9-16(10-12-19)22-23-25(42-26-24(22)43-29(40)35-26)28(39)36(27(23)38)18-7-4-6-17(13-18)30(31,32)33/h2-13,22-23,25H,14H2,1H3,(H,34,37)(H,35,40). The summed E-state index contributed by atoms with van der Waals surface area (Å²) in [4.78, 5) is 55.7. The lowest BCUT2D eigenvalue weighted by molar-refractivity contribution is -0.137. The fourth-order valence-corrected chi connectivity index (χ4v) is 7.79. The maximum absolute atomic E-state index is 13.8. The minimum absolute atomic E-state index is 0.164. The summed E-state index contributed by atoms with van der Waals surface area (Å²) in [6.45, 7) is 1.62. The van der Waals surface area contributed by atoms with Gasteiger partial charge in [0.15, 0.2) is 6.61 Å². The SMILES string of the molecule is Cc1ccccc1NC(=O)COc1ccc(C2c3sc(=O)[nH]c3SC3C(=O)N(c4cccc(C(F)(F)F)c4)C(=O)C32)cc1. The number of fused-ring (bicyclic) bond motifs is 2. The maximum Gasteiger partial charge on any atom is 0.416 e. The van der Waals surface area contributed by atoms with Gasteiger partial charge >= 0.3 is 11.0 Å². The monoisotopic (exact) mass is 625 g/mol. The van der Waals surface area contributed by atoms with Gasteiger partial charge < -0.3 is 15.0 Å². The fourth-order valence-electron chi connectivity index (χ4n) is 5.27. The molecule has 3 unspecified atom stereocenters. The molecule has 0 radical (unpaired) electrons. The van der Waals surface area contributed by atoms with E-state index in [2.05, 4.69) is 10.3 Å². The number of thioether (sulfide) groups is 1. The molecular formula is C30H22F3N3O5S2. The Hall–Kier alpha value is -4.36. The number of hydrogen-bond donors (Lipinski definition) is 2. The predicted octanol–water partition coefficient (Wildman–Crippen LogP) is 5.58. The highest BCUT2D eigenvalue weighted by molar-refractivity contribution is 8.00. The van der Waals surface area contributed by atoms with E-state index in [0.717, 1.165) is 51.8 Å². The highest BCUT2D eigenvalue weighted by Crippen LogP contribution is 2.53. The van der Waals surface area contributed by atoms with Crippen molar-refractivity contribution in [1.29, 1.82) is 0 Å². The van der Waals surface area contributed by atoms with Crippen LogP contribution in [-0.4, -0.2) is 34.6 Å². The summed E-state index contributed by atoms with van der Waals surface area (Å²) in [6.07, 6.45) is -4.65. The van der Waals surface area contributed by atoms with E-state index in [1.54, 1.807) is 30.3 Å². The normalized spacial score (nSPS) is 19.6. The van der Waals surface area contributed by atoms with Crippen molar-refractivity contribution in [1.82, 2.24) is 4.98 Å². The Morgan fingerprint density at radius 2 is 1.74 bits per heavy atom. The molecule has 13 heteroatoms. The average Bonchev–Trinajstić information content (AvgIpc) is 3.47. The van der Waals surface area contributed by atoms with E-state index in [9.17, 15) is 32.3 Å². The number of aromatic nitrogens is 1. The van der Waals surface area contributed by atoms with Crippen molar-refractivity contribution >= 4 is 52.2 Å². The van der Waals surface area contributed by atoms with Gasteiger partial charge in [0, 0.05) is 16.5 Å². The van der Waals surface area contributed by atoms with Gasteiger partial charge in [0.25, 0.3) is 5.91 Å². The molecule has 2 aliphatic heterocycles. The van der Waals surface area contributed by atoms with E-state index in [-0.39, 0.29) is 23.1 Å². The smallest absolute Gasteiger partial charge is 0.416 e. The molecule has 2 N–H and O–H groups in total. The fraction of sp³-hybridized carbons (Fsp3) is 0.200. The van der Waals surface area contributed by atoms with Crippen LogP contribution >= 0.6 is 23.1 Å². The van der Waals surface area contributed by atoms with Gasteiger partial charge in [0.1, 0.15) is 11.0 Å². The van der Waals surface area contributed by atoms with Crippen LogP contribution in [0, 0.1) is 12.8 Å². The van der Waals surface area contributed by atoms with Crippen LogP contribution in [0.4, 0.5) is 24.5 Å². The molecule has 6 rings (SSSR count). The molecule has 1 aromatic heterocycles. The number of aryl methyl sites for hydroxylation is 1. The molecule has 0 spiro atoms. The zero-order valence-electron chi connectivity index (χ0n) is 22.3. The number of amides is 3. The Labute approximate surface area is 250 Å². The van der Waals surface area contributed by atoms with Gasteiger partial charge in [-0.3, -0.25) is 19.2 Å². The first-order valence-electron chi connectivity index (χ1n) is 13.0. The van der Waals surface area contributed by atoms with E-state index in [1.165, 1.54) is 6.07 Å². The highest BCUT2D eigenvalue weighted by Gasteiger charge is 2.56. The maximum atomic E-state index is 13.8. The van der Waals surface area contributed by atoms with Gasteiger partial charge in [-0.15, -0.1) is 0 Å². The number of anilines is 2. The molecule has 0 saturated carbocycles. The first-order chi connectivity index (χ1) is 20.5. The number of benzene rings is 3. The first-order valence-corrected chi connectivity index (χ1v) is 14.7. The van der Waals surface area contributed by atoms with Gasteiger partial charge in [-0.25, -0.2) is 4.90 Å². The van der Waals surface area contributed by atoms with Crippen LogP contribution in [0.15, 0.2) is 82.6 Å². The minimum Gasteiger partial charge on any atom is -0.484 e. The van der Waals surface area contributed by atoms with Gasteiger partial charge in [-0.05, 0) is 54.4 Å². The summed E-state index contributed by atoms with van der Waals surface area (Å²) in [5.41, 5.74) is 1.05. The molecule has 2 aliphatic rings. The molecule has 4 aromatic rings. The van der Waals surface area contributed by atoms with Crippen LogP contribution in [0.2, 0.25) is 0 Å². The van der Waals surface area contributed by atoms with Gasteiger partial charge in [0.2, 0.25) is 11.8 Å². The third-order valence-electron chi connectivity index (χ3n) is 7.28. The van der Waals surface area contributed by atoms with Gasteiger partial charge in [-0.1, -0.05) is 59.5 Å². The van der Waals surface area contributed by atoms with Crippen molar-refractivity contribution in [2.24, 2.45) is 5.92 Å². The molecule has 8 nitrogen and oxygen atoms in total. The van der Waals surface area contributed by atoms with Crippen molar-refractivity contribution in [2.75, 3.05) is 16.8 Å². The third kappa shape index (κ3) is 5.45. The lowest BCUT2D eigenvalue weighted by atomic mass is 9.83. The molecule has 0 bridgehead atoms. The predicted molar refractivity (Wildman–Crippen MR) is 156 cm³/mol. The average molecular weight is 626 g/mol. The Morgan fingerprint density at radius 3 is 2.47 bits per heavy atom. The molecule has 3 aromatic carbocycles. The number of halogens is 3. The molecule has 3 atom stereocenters. The number of H-pyrrole nitrogens is 1. The summed E-state index contributed by atoms with van der Waals surface area (Å²) in [6, 6.07) is 18.0. The van der Waals surface area contributed by atoms with Crippen LogP contribution in [0.25, 0.3) is 0 Å². The first kappa shape index (κ1) is 28.7. The van der Waals surface area contributed by atoms with Crippen molar-refractivity contribution in [2.45, 2.75) is 29.3 Å². The van der Waals surface area contributed by atoms with Crippen LogP contribution in [0.1, 0.15) is 27.5 Å². The summed E-state index contributed by atoms with van der Waals surface area (Å²) >= 11 is 1.96. The number of thiazole rings is 1. The van der Waals surface area contributed by atoms with Gasteiger partial charge in [-0.2, -0.15) is 13.2 Å². The number of carbonyl (C=O) groups excluding carboxylic acids is 3. The summed E-state index contributed by atoms with van der Waals surface area (Å²) in [5, 5.41) is 2.28. The Balaban J connectivity index is 1.26. The third-order valence-corrected chi connectivity index (χ3v) is 9.69. The number of ether oxygens (including phenoxy) is 1. The number of carbonyl (C=O) groups is 3. The van der Waals surface area contributed by atoms with Crippen molar-refractivity contribution < 1.29 is 32.3 Å². The molecule has 3 amide bonds. The number of imide groups is 1. The largest absolute Gasteiger partial charge is 0.484 e. The number of alkyl halides is 3. The number of para-hydroxylation sites is 1. The van der Waals surface area contributed by atoms with Crippen LogP contribution in [0.3, 0.4) is 0 Å². The zero-order valence-corrected chi connectivity index (χ0v) is 23.9. The van der Waals surface area contributed by atoms with Crippen LogP contribution in [0.5, 0.6) is 5.75 Å². The molecule has 3 heterocycles. The lowest BCUT2D eigenvalue weighted by Gasteiger charge is -2.29. The van der Waals surface area contributed by atoms with E-state index in [1.807, 2.05) is 25.1 Å². The lowest BCUT2D eigenvalue weighted by Crippen LogP contribution is -2.32. The second-order valence-electron chi connectivity index (χ2n) is 10.0. The summed E-state index contributed by atoms with van der Waals surface area (Å²) in [5.74, 6) is -2.94. The van der Waals surface area contributed by atoms with Crippen molar-refractivity contribution in [3.63, 3.8) is 0 Å². The molecule has 43 heavy (non-hydrogen) atoms. The molecular weight excluding hydrogens is 603 g/mol. The van der Waals surface area contributed by atoms with Crippen molar-refractivity contribution in [3.05, 3.63) is 104 Å². The Kier molecular flexibility index (Phi) is 7.38. The molecule has 1 saturated heterocycles. The second kappa shape index (κ2) is 11.0. The number of nitrogens with one attached hydrogen (secondary N) is 2. The van der Waals surface area contributed by atoms with Crippen molar-refractivity contribution in [3.8, 4) is 5.75 Å². The summed E-state index contributed by atoms with van der Waals surface area (Å²) in [7, 11) is 0. The number of rotatable bonds is 6. The Bertz CT molecular complexity index is 1800. The Morgan fingerprint density at radius 1 is 1.00 bits per heavy atom. The molecule has 220 valence electrons. The van der Waals surface area contributed by atoms with Gasteiger partial charge in [0.05, 0.1) is 22.2 Å². The topological polar surface area (TPSA) is 109 Å². The molecule has 1 fully saturated rings. The van der Waals surface area contributed by atoms with E-state index >= 15 is 0 Å². The highest BCUT2D eigenvalue weighted by atomic mass is 32.2. The zero-order chi connectivity index (χ0) is 30.5. The van der Waals surface area contributed by atoms with Crippen LogP contribution in [-0.2, 0) is 20.6 Å². The minimum atomic E-state index is -4.65. The van der Waals surface area contributed by atoms with Crippen LogP contribution < -0.4 is 19.8 Å². The summed E-state index contributed by atoms with van der Waals surface area (Å²) < 4.78 is 45.8. The second-order valence-corrected chi connectivity index (χ2v) is 12.2.